The van der Waals surface area contributed by atoms with Crippen LogP contribution < -0.4 is 10.6 Å². The van der Waals surface area contributed by atoms with Crippen molar-refractivity contribution in [2.24, 2.45) is 0 Å². The van der Waals surface area contributed by atoms with Crippen molar-refractivity contribution in [3.05, 3.63) is 70.9 Å². The summed E-state index contributed by atoms with van der Waals surface area (Å²) in [7, 11) is 0. The smallest absolute Gasteiger partial charge is 0.229 e. The van der Waals surface area contributed by atoms with Gasteiger partial charge in [0.1, 0.15) is 11.9 Å². The monoisotopic (exact) mass is 343 g/mol. The summed E-state index contributed by atoms with van der Waals surface area (Å²) < 4.78 is 0. The zero-order chi connectivity index (χ0) is 18.5. The van der Waals surface area contributed by atoms with Gasteiger partial charge >= 0.3 is 0 Å². The molecule has 2 N–H and O–H groups in total. The second kappa shape index (κ2) is 7.66. The van der Waals surface area contributed by atoms with Gasteiger partial charge in [0, 0.05) is 17.4 Å². The van der Waals surface area contributed by atoms with Crippen molar-refractivity contribution in [1.82, 2.24) is 9.97 Å². The van der Waals surface area contributed by atoms with Gasteiger partial charge in [-0.15, -0.1) is 0 Å². The SMILES string of the molecule is CCc1cccc(C)c1Nc1nc(C)cc(Nc2ccccc2C#N)n1. The highest BCUT2D eigenvalue weighted by molar-refractivity contribution is 5.67. The maximum atomic E-state index is 9.25. The number of para-hydroxylation sites is 2. The zero-order valence-electron chi connectivity index (χ0n) is 15.2. The molecule has 3 aromatic rings. The molecule has 0 unspecified atom stereocenters. The molecule has 0 radical (unpaired) electrons. The van der Waals surface area contributed by atoms with Crippen LogP contribution in [0.15, 0.2) is 48.5 Å². The van der Waals surface area contributed by atoms with E-state index >= 15 is 0 Å². The second-order valence-corrected chi connectivity index (χ2v) is 6.09. The largest absolute Gasteiger partial charge is 0.339 e. The Kier molecular flexibility index (Phi) is 5.14. The highest BCUT2D eigenvalue weighted by atomic mass is 15.1. The van der Waals surface area contributed by atoms with Gasteiger partial charge in [-0.2, -0.15) is 10.2 Å². The number of benzene rings is 2. The summed E-state index contributed by atoms with van der Waals surface area (Å²) in [6, 6.07) is 17.6. The van der Waals surface area contributed by atoms with Crippen LogP contribution >= 0.6 is 0 Å². The van der Waals surface area contributed by atoms with Crippen LogP contribution in [-0.4, -0.2) is 9.97 Å². The van der Waals surface area contributed by atoms with Crippen LogP contribution in [0.25, 0.3) is 0 Å². The van der Waals surface area contributed by atoms with E-state index in [1.165, 1.54) is 5.56 Å². The number of hydrogen-bond donors (Lipinski definition) is 2. The third kappa shape index (κ3) is 3.81. The topological polar surface area (TPSA) is 73.6 Å². The van der Waals surface area contributed by atoms with E-state index in [0.29, 0.717) is 17.3 Å². The molecule has 0 fully saturated rings. The first-order chi connectivity index (χ1) is 12.6. The molecular weight excluding hydrogens is 322 g/mol. The van der Waals surface area contributed by atoms with Gasteiger partial charge in [-0.1, -0.05) is 37.3 Å². The van der Waals surface area contributed by atoms with Crippen LogP contribution in [0, 0.1) is 25.2 Å². The summed E-state index contributed by atoms with van der Waals surface area (Å²) >= 11 is 0. The van der Waals surface area contributed by atoms with Crippen molar-refractivity contribution in [1.29, 1.82) is 5.26 Å². The molecule has 0 atom stereocenters. The normalized spacial score (nSPS) is 10.2. The van der Waals surface area contributed by atoms with Gasteiger partial charge in [0.15, 0.2) is 0 Å². The highest BCUT2D eigenvalue weighted by Crippen LogP contribution is 2.25. The van der Waals surface area contributed by atoms with Crippen molar-refractivity contribution >= 4 is 23.1 Å². The lowest BCUT2D eigenvalue weighted by molar-refractivity contribution is 1.09. The average molecular weight is 343 g/mol. The van der Waals surface area contributed by atoms with Gasteiger partial charge in [-0.3, -0.25) is 0 Å². The van der Waals surface area contributed by atoms with Crippen LogP contribution in [0.4, 0.5) is 23.1 Å². The van der Waals surface area contributed by atoms with Crippen molar-refractivity contribution in [2.45, 2.75) is 27.2 Å². The molecule has 0 amide bonds. The molecule has 0 spiro atoms. The molecule has 0 aliphatic heterocycles. The Morgan fingerprint density at radius 3 is 2.58 bits per heavy atom. The molecule has 2 aromatic carbocycles. The molecule has 0 bridgehead atoms. The summed E-state index contributed by atoms with van der Waals surface area (Å²) in [4.78, 5) is 9.08. The Bertz CT molecular complexity index is 972. The van der Waals surface area contributed by atoms with Gasteiger partial charge < -0.3 is 10.6 Å². The highest BCUT2D eigenvalue weighted by Gasteiger charge is 2.09. The van der Waals surface area contributed by atoms with E-state index in [1.54, 1.807) is 6.07 Å². The van der Waals surface area contributed by atoms with Crippen LogP contribution in [0.1, 0.15) is 29.3 Å². The van der Waals surface area contributed by atoms with Crippen molar-refractivity contribution in [2.75, 3.05) is 10.6 Å². The van der Waals surface area contributed by atoms with Crippen molar-refractivity contribution in [3.63, 3.8) is 0 Å². The Morgan fingerprint density at radius 1 is 1.00 bits per heavy atom. The molecule has 0 saturated heterocycles. The van der Waals surface area contributed by atoms with E-state index < -0.39 is 0 Å². The summed E-state index contributed by atoms with van der Waals surface area (Å²) in [6.45, 7) is 6.12. The molecule has 1 heterocycles. The average Bonchev–Trinajstić information content (AvgIpc) is 2.63. The molecule has 0 saturated carbocycles. The molecule has 5 heteroatoms. The first kappa shape index (κ1) is 17.4. The summed E-state index contributed by atoms with van der Waals surface area (Å²) in [5.41, 5.74) is 5.56. The first-order valence-electron chi connectivity index (χ1n) is 8.58. The van der Waals surface area contributed by atoms with E-state index in [2.05, 4.69) is 58.7 Å². The van der Waals surface area contributed by atoms with Crippen molar-refractivity contribution in [3.8, 4) is 6.07 Å². The van der Waals surface area contributed by atoms with Crippen LogP contribution in [-0.2, 0) is 6.42 Å². The van der Waals surface area contributed by atoms with E-state index in [-0.39, 0.29) is 0 Å². The Morgan fingerprint density at radius 2 is 1.81 bits per heavy atom. The van der Waals surface area contributed by atoms with Gasteiger partial charge in [-0.25, -0.2) is 4.98 Å². The number of rotatable bonds is 5. The fraction of sp³-hybridized carbons (Fsp3) is 0.190. The van der Waals surface area contributed by atoms with Crippen LogP contribution in [0.2, 0.25) is 0 Å². The fourth-order valence-electron chi connectivity index (χ4n) is 2.83. The van der Waals surface area contributed by atoms with E-state index in [4.69, 9.17) is 0 Å². The fourth-order valence-corrected chi connectivity index (χ4v) is 2.83. The number of nitrogens with one attached hydrogen (secondary N) is 2. The molecule has 130 valence electrons. The lowest BCUT2D eigenvalue weighted by Crippen LogP contribution is -2.05. The van der Waals surface area contributed by atoms with Crippen LogP contribution in [0.3, 0.4) is 0 Å². The van der Waals surface area contributed by atoms with Gasteiger partial charge in [0.05, 0.1) is 11.3 Å². The van der Waals surface area contributed by atoms with Gasteiger partial charge in [0.2, 0.25) is 5.95 Å². The standard InChI is InChI=1S/C21H21N5/c1-4-16-10-7-8-14(2)20(16)26-21-23-15(3)12-19(25-21)24-18-11-6-5-9-17(18)13-22/h5-12H,4H2,1-3H3,(H2,23,24,25,26). The number of aromatic nitrogens is 2. The number of anilines is 4. The summed E-state index contributed by atoms with van der Waals surface area (Å²) in [6.07, 6.45) is 0.927. The minimum Gasteiger partial charge on any atom is -0.339 e. The molecule has 5 nitrogen and oxygen atoms in total. The number of nitriles is 1. The molecule has 26 heavy (non-hydrogen) atoms. The number of aryl methyl sites for hydroxylation is 3. The Hall–Kier alpha value is -3.39. The van der Waals surface area contributed by atoms with Gasteiger partial charge in [0.25, 0.3) is 0 Å². The third-order valence-electron chi connectivity index (χ3n) is 4.14. The lowest BCUT2D eigenvalue weighted by Gasteiger charge is -2.14. The summed E-state index contributed by atoms with van der Waals surface area (Å²) in [5, 5.41) is 15.8. The number of hydrogen-bond acceptors (Lipinski definition) is 5. The molecule has 3 rings (SSSR count). The first-order valence-corrected chi connectivity index (χ1v) is 8.58. The van der Waals surface area contributed by atoms with E-state index in [0.717, 1.165) is 29.1 Å². The Balaban J connectivity index is 1.93. The molecule has 0 aliphatic rings. The Labute approximate surface area is 153 Å². The van der Waals surface area contributed by atoms with Crippen LogP contribution in [0.5, 0.6) is 0 Å². The van der Waals surface area contributed by atoms with Crippen molar-refractivity contribution < 1.29 is 0 Å². The summed E-state index contributed by atoms with van der Waals surface area (Å²) in [5.74, 6) is 1.18. The predicted molar refractivity (Wildman–Crippen MR) is 105 cm³/mol. The van der Waals surface area contributed by atoms with E-state index in [1.807, 2.05) is 31.2 Å². The maximum Gasteiger partial charge on any atom is 0.229 e. The third-order valence-corrected chi connectivity index (χ3v) is 4.14. The quantitative estimate of drug-likeness (QED) is 0.681. The minimum atomic E-state index is 0.533. The maximum absolute atomic E-state index is 9.25. The number of nitrogens with zero attached hydrogens (tertiary/aromatic N) is 3. The van der Waals surface area contributed by atoms with E-state index in [9.17, 15) is 5.26 Å². The molecule has 0 aliphatic carbocycles. The second-order valence-electron chi connectivity index (χ2n) is 6.09. The predicted octanol–water partition coefficient (Wildman–Crippen LogP) is 5.01. The zero-order valence-corrected chi connectivity index (χ0v) is 15.2. The minimum absolute atomic E-state index is 0.533. The molecule has 1 aromatic heterocycles. The lowest BCUT2D eigenvalue weighted by atomic mass is 10.1. The van der Waals surface area contributed by atoms with Gasteiger partial charge in [-0.05, 0) is 43.5 Å². The molecular formula is C21H21N5.